The molecule has 0 saturated carbocycles. The summed E-state index contributed by atoms with van der Waals surface area (Å²) in [5.74, 6) is -1.19. The number of carbonyl (C=O) groups excluding carboxylic acids is 2. The van der Waals surface area contributed by atoms with Crippen LogP contribution in [0, 0.1) is 11.3 Å². The monoisotopic (exact) mass is 298 g/mol. The Kier molecular flexibility index (Phi) is 3.20. The highest BCUT2D eigenvalue weighted by molar-refractivity contribution is 6.18. The third kappa shape index (κ3) is 1.98. The van der Waals surface area contributed by atoms with Crippen LogP contribution in [0.25, 0.3) is 0 Å². The molecule has 0 aromatic heterocycles. The van der Waals surface area contributed by atoms with Crippen LogP contribution in [0.15, 0.2) is 53.5 Å². The van der Waals surface area contributed by atoms with Crippen molar-refractivity contribution < 1.29 is 19.4 Å². The number of benzene rings is 1. The second kappa shape index (κ2) is 4.83. The highest BCUT2D eigenvalue weighted by atomic mass is 16.5. The van der Waals surface area contributed by atoms with Crippen molar-refractivity contribution in [2.45, 2.75) is 26.9 Å². The topological polar surface area (TPSA) is 63.6 Å². The molecule has 114 valence electrons. The summed E-state index contributed by atoms with van der Waals surface area (Å²) < 4.78 is 5.89. The zero-order chi connectivity index (χ0) is 16.1. The lowest BCUT2D eigenvalue weighted by molar-refractivity contribution is -0.141. The molecule has 2 unspecified atom stereocenters. The zero-order valence-electron chi connectivity index (χ0n) is 12.8. The van der Waals surface area contributed by atoms with E-state index in [9.17, 15) is 14.7 Å². The Morgan fingerprint density at radius 2 is 1.77 bits per heavy atom. The van der Waals surface area contributed by atoms with Crippen molar-refractivity contribution in [3.05, 3.63) is 59.1 Å². The van der Waals surface area contributed by atoms with Gasteiger partial charge in [0.1, 0.15) is 23.5 Å². The third-order valence-corrected chi connectivity index (χ3v) is 4.42. The largest absolute Gasteiger partial charge is 0.511 e. The van der Waals surface area contributed by atoms with Crippen LogP contribution in [0.2, 0.25) is 0 Å². The van der Waals surface area contributed by atoms with Gasteiger partial charge in [0.25, 0.3) is 0 Å². The second-order valence-electron chi connectivity index (χ2n) is 6.28. The molecule has 4 nitrogen and oxygen atoms in total. The number of rotatable bonds is 1. The van der Waals surface area contributed by atoms with Crippen molar-refractivity contribution in [1.29, 1.82) is 0 Å². The summed E-state index contributed by atoms with van der Waals surface area (Å²) in [7, 11) is 0. The molecular weight excluding hydrogens is 280 g/mol. The van der Waals surface area contributed by atoms with Crippen LogP contribution >= 0.6 is 0 Å². The van der Waals surface area contributed by atoms with E-state index in [2.05, 4.69) is 0 Å². The molecule has 3 rings (SSSR count). The van der Waals surface area contributed by atoms with E-state index in [1.54, 1.807) is 26.8 Å². The van der Waals surface area contributed by atoms with Gasteiger partial charge < -0.3 is 9.84 Å². The van der Waals surface area contributed by atoms with Crippen LogP contribution in [-0.2, 0) is 14.3 Å². The van der Waals surface area contributed by atoms with Crippen LogP contribution in [0.3, 0.4) is 0 Å². The molecule has 0 saturated heterocycles. The summed E-state index contributed by atoms with van der Waals surface area (Å²) in [4.78, 5) is 25.0. The van der Waals surface area contributed by atoms with Gasteiger partial charge in [-0.2, -0.15) is 0 Å². The van der Waals surface area contributed by atoms with Gasteiger partial charge in [0.15, 0.2) is 11.6 Å². The van der Waals surface area contributed by atoms with E-state index in [4.69, 9.17) is 4.74 Å². The van der Waals surface area contributed by atoms with Gasteiger partial charge in [-0.3, -0.25) is 9.59 Å². The molecule has 1 N–H and O–H groups in total. The molecule has 2 atom stereocenters. The lowest BCUT2D eigenvalue weighted by Gasteiger charge is -2.38. The Hall–Kier alpha value is -2.36. The van der Waals surface area contributed by atoms with Crippen molar-refractivity contribution in [2.24, 2.45) is 11.3 Å². The smallest absolute Gasteiger partial charge is 0.174 e. The van der Waals surface area contributed by atoms with Gasteiger partial charge in [0.05, 0.1) is 5.41 Å². The lowest BCUT2D eigenvalue weighted by Crippen LogP contribution is -2.46. The molecular formula is C18H18O4. The average molecular weight is 298 g/mol. The van der Waals surface area contributed by atoms with Crippen LogP contribution in [0.1, 0.15) is 32.4 Å². The molecule has 1 aromatic rings. The average Bonchev–Trinajstić information content (AvgIpc) is 2.51. The number of ether oxygens (including phenoxy) is 1. The van der Waals surface area contributed by atoms with Crippen molar-refractivity contribution >= 4 is 11.6 Å². The van der Waals surface area contributed by atoms with Gasteiger partial charge >= 0.3 is 0 Å². The number of ketones is 2. The Morgan fingerprint density at radius 1 is 1.14 bits per heavy atom. The molecule has 2 aliphatic rings. The van der Waals surface area contributed by atoms with Crippen molar-refractivity contribution in [2.75, 3.05) is 0 Å². The maximum absolute atomic E-state index is 12.6. The summed E-state index contributed by atoms with van der Waals surface area (Å²) in [6, 6.07) is 9.38. The van der Waals surface area contributed by atoms with Crippen LogP contribution in [0.4, 0.5) is 0 Å². The van der Waals surface area contributed by atoms with Gasteiger partial charge in [-0.1, -0.05) is 30.3 Å². The van der Waals surface area contributed by atoms with E-state index < -0.39 is 17.4 Å². The van der Waals surface area contributed by atoms with E-state index in [0.717, 1.165) is 5.56 Å². The summed E-state index contributed by atoms with van der Waals surface area (Å²) in [5, 5.41) is 10.4. The van der Waals surface area contributed by atoms with Crippen LogP contribution < -0.4 is 0 Å². The number of fused-ring (bicyclic) bond motifs is 1. The van der Waals surface area contributed by atoms with Crippen LogP contribution in [-0.4, -0.2) is 16.7 Å². The summed E-state index contributed by atoms with van der Waals surface area (Å²) in [5.41, 5.74) is 0.135. The summed E-state index contributed by atoms with van der Waals surface area (Å²) in [6.07, 6.45) is 1.05. The Labute approximate surface area is 129 Å². The number of Topliss-reactive ketones (excluding diaryl/α,β-unsaturated/α-hetero) is 2. The maximum atomic E-state index is 12.6. The highest BCUT2D eigenvalue weighted by Crippen LogP contribution is 2.44. The van der Waals surface area contributed by atoms with Gasteiger partial charge in [-0.25, -0.2) is 0 Å². The number of aliphatic hydroxyl groups excluding tert-OH is 1. The number of carbonyl (C=O) groups is 2. The van der Waals surface area contributed by atoms with E-state index in [-0.39, 0.29) is 23.1 Å². The van der Waals surface area contributed by atoms with E-state index in [0.29, 0.717) is 5.57 Å². The van der Waals surface area contributed by atoms with Gasteiger partial charge in [-0.15, -0.1) is 0 Å². The molecule has 1 heterocycles. The Morgan fingerprint density at radius 3 is 2.41 bits per heavy atom. The first-order valence-electron chi connectivity index (χ1n) is 7.26. The van der Waals surface area contributed by atoms with Crippen molar-refractivity contribution in [3.63, 3.8) is 0 Å². The SMILES string of the molecule is CC1=C2OC(c3ccccc3)C=C(O)C2C(=O)C(C)(C)C1=O. The van der Waals surface area contributed by atoms with Gasteiger partial charge in [0, 0.05) is 5.57 Å². The van der Waals surface area contributed by atoms with Crippen molar-refractivity contribution in [1.82, 2.24) is 0 Å². The number of allylic oxidation sites excluding steroid dienone is 1. The molecule has 0 fully saturated rings. The highest BCUT2D eigenvalue weighted by Gasteiger charge is 2.51. The minimum atomic E-state index is -1.14. The Balaban J connectivity index is 2.10. The summed E-state index contributed by atoms with van der Waals surface area (Å²) in [6.45, 7) is 4.84. The first-order chi connectivity index (χ1) is 10.3. The van der Waals surface area contributed by atoms with Gasteiger partial charge in [-0.05, 0) is 32.4 Å². The molecule has 0 amide bonds. The lowest BCUT2D eigenvalue weighted by atomic mass is 9.68. The fraction of sp³-hybridized carbons (Fsp3) is 0.333. The third-order valence-electron chi connectivity index (χ3n) is 4.42. The normalized spacial score (nSPS) is 27.1. The van der Waals surface area contributed by atoms with Crippen LogP contribution in [0.5, 0.6) is 0 Å². The fourth-order valence-electron chi connectivity index (χ4n) is 3.04. The number of aliphatic hydroxyl groups is 1. The molecule has 4 heteroatoms. The Bertz CT molecular complexity index is 710. The molecule has 22 heavy (non-hydrogen) atoms. The zero-order valence-corrected chi connectivity index (χ0v) is 12.8. The van der Waals surface area contributed by atoms with E-state index >= 15 is 0 Å². The first-order valence-corrected chi connectivity index (χ1v) is 7.26. The molecule has 1 aromatic carbocycles. The quantitative estimate of drug-likeness (QED) is 0.808. The fourth-order valence-corrected chi connectivity index (χ4v) is 3.04. The molecule has 1 aliphatic carbocycles. The molecule has 0 spiro atoms. The van der Waals surface area contributed by atoms with Crippen molar-refractivity contribution in [3.8, 4) is 0 Å². The minimum Gasteiger partial charge on any atom is -0.511 e. The minimum absolute atomic E-state index is 0.0416. The molecule has 1 aliphatic heterocycles. The number of hydrogen-bond donors (Lipinski definition) is 1. The van der Waals surface area contributed by atoms with E-state index in [1.165, 1.54) is 0 Å². The van der Waals surface area contributed by atoms with Gasteiger partial charge in [0.2, 0.25) is 0 Å². The molecule has 0 bridgehead atoms. The summed E-state index contributed by atoms with van der Waals surface area (Å²) >= 11 is 0. The predicted molar refractivity (Wildman–Crippen MR) is 81.0 cm³/mol. The number of hydrogen-bond acceptors (Lipinski definition) is 4. The maximum Gasteiger partial charge on any atom is 0.174 e. The standard InChI is InChI=1S/C18H18O4/c1-10-15-14(17(21)18(2,3)16(10)20)12(19)9-13(22-15)11-7-5-4-6-8-11/h4-9,13-14,19H,1-3H3. The second-order valence-corrected chi connectivity index (χ2v) is 6.28. The molecule has 0 radical (unpaired) electrons. The van der Waals surface area contributed by atoms with E-state index in [1.807, 2.05) is 30.3 Å². The first kappa shape index (κ1) is 14.6. The predicted octanol–water partition coefficient (Wildman–Crippen LogP) is 3.27.